The molecule has 0 aromatic carbocycles. The summed E-state index contributed by atoms with van der Waals surface area (Å²) in [6, 6.07) is 0. The van der Waals surface area contributed by atoms with Crippen LogP contribution in [-0.4, -0.2) is 11.6 Å². The molecule has 0 fully saturated rings. The van der Waals surface area contributed by atoms with Gasteiger partial charge in [0.2, 0.25) is 0 Å². The van der Waals surface area contributed by atoms with Crippen LogP contribution >= 0.6 is 11.3 Å². The third-order valence-electron chi connectivity index (χ3n) is 1.93. The molecule has 0 amide bonds. The lowest BCUT2D eigenvalue weighted by atomic mass is 10.1. The first-order chi connectivity index (χ1) is 6.69. The molecule has 0 atom stereocenters. The normalized spacial score (nSPS) is 11.2. The van der Waals surface area contributed by atoms with Gasteiger partial charge in [-0.15, -0.1) is 11.3 Å². The van der Waals surface area contributed by atoms with Crippen LogP contribution in [0, 0.1) is 0 Å². The first-order valence-corrected chi connectivity index (χ1v) is 5.77. The van der Waals surface area contributed by atoms with E-state index in [1.54, 1.807) is 11.3 Å². The highest BCUT2D eigenvalue weighted by Gasteiger charge is 2.12. The molecule has 4 heteroatoms. The van der Waals surface area contributed by atoms with Crippen molar-refractivity contribution >= 4 is 11.3 Å². The van der Waals surface area contributed by atoms with Crippen molar-refractivity contribution in [2.45, 2.75) is 39.8 Å². The van der Waals surface area contributed by atoms with Crippen LogP contribution in [0.2, 0.25) is 0 Å². The van der Waals surface area contributed by atoms with Crippen LogP contribution in [0.1, 0.15) is 42.3 Å². The largest absolute Gasteiger partial charge is 0.375 e. The molecule has 0 aliphatic carbocycles. The van der Waals surface area contributed by atoms with Gasteiger partial charge >= 0.3 is 0 Å². The summed E-state index contributed by atoms with van der Waals surface area (Å²) in [6.45, 7) is 8.19. The Labute approximate surface area is 89.3 Å². The molecule has 80 valence electrons. The number of hydrogen-bond donors (Lipinski definition) is 1. The molecule has 0 radical (unpaired) electrons. The minimum atomic E-state index is 0.445. The molecule has 0 unspecified atom stereocenters. The van der Waals surface area contributed by atoms with Crippen molar-refractivity contribution in [2.75, 3.05) is 6.61 Å². The van der Waals surface area contributed by atoms with E-state index in [0.717, 1.165) is 17.3 Å². The summed E-state index contributed by atoms with van der Waals surface area (Å²) in [6.07, 6.45) is 0. The molecule has 1 aromatic rings. The Morgan fingerprint density at radius 1 is 1.50 bits per heavy atom. The Morgan fingerprint density at radius 3 is 2.64 bits per heavy atom. The smallest absolute Gasteiger partial charge is 0.119 e. The van der Waals surface area contributed by atoms with Crippen LogP contribution in [0.15, 0.2) is 0 Å². The first-order valence-electron chi connectivity index (χ1n) is 4.95. The van der Waals surface area contributed by atoms with E-state index < -0.39 is 0 Å². The summed E-state index contributed by atoms with van der Waals surface area (Å²) in [5.74, 6) is 0.445. The molecular formula is C10H18N2OS. The Morgan fingerprint density at radius 2 is 2.21 bits per heavy atom. The lowest BCUT2D eigenvalue weighted by Gasteiger charge is -2.01. The van der Waals surface area contributed by atoms with E-state index in [1.165, 1.54) is 4.88 Å². The van der Waals surface area contributed by atoms with E-state index in [-0.39, 0.29) is 0 Å². The second-order valence-corrected chi connectivity index (χ2v) is 4.58. The van der Waals surface area contributed by atoms with Crippen LogP contribution in [0.5, 0.6) is 0 Å². The van der Waals surface area contributed by atoms with E-state index >= 15 is 0 Å². The van der Waals surface area contributed by atoms with Crippen molar-refractivity contribution in [3.05, 3.63) is 15.6 Å². The fourth-order valence-electron chi connectivity index (χ4n) is 1.26. The number of hydrogen-bond acceptors (Lipinski definition) is 4. The first kappa shape index (κ1) is 11.6. The number of rotatable bonds is 5. The van der Waals surface area contributed by atoms with E-state index in [0.29, 0.717) is 19.1 Å². The molecule has 3 nitrogen and oxygen atoms in total. The summed E-state index contributed by atoms with van der Waals surface area (Å²) in [7, 11) is 0. The lowest BCUT2D eigenvalue weighted by molar-refractivity contribution is 0.133. The van der Waals surface area contributed by atoms with Gasteiger partial charge in [-0.3, -0.25) is 0 Å². The van der Waals surface area contributed by atoms with Crippen LogP contribution in [0.25, 0.3) is 0 Å². The molecule has 0 saturated carbocycles. The third-order valence-corrected chi connectivity index (χ3v) is 3.00. The summed E-state index contributed by atoms with van der Waals surface area (Å²) in [4.78, 5) is 5.72. The second kappa shape index (κ2) is 5.44. The third kappa shape index (κ3) is 2.77. The summed E-state index contributed by atoms with van der Waals surface area (Å²) >= 11 is 1.67. The van der Waals surface area contributed by atoms with Crippen molar-refractivity contribution in [3.63, 3.8) is 0 Å². The average Bonchev–Trinajstić information content (AvgIpc) is 2.57. The van der Waals surface area contributed by atoms with Gasteiger partial charge in [-0.25, -0.2) is 4.98 Å². The van der Waals surface area contributed by atoms with Crippen molar-refractivity contribution in [2.24, 2.45) is 5.73 Å². The Balaban J connectivity index is 2.78. The van der Waals surface area contributed by atoms with Crippen molar-refractivity contribution < 1.29 is 4.74 Å². The highest BCUT2D eigenvalue weighted by atomic mass is 32.1. The maximum Gasteiger partial charge on any atom is 0.119 e. The minimum Gasteiger partial charge on any atom is -0.375 e. The van der Waals surface area contributed by atoms with Gasteiger partial charge in [0.05, 0.1) is 12.3 Å². The Kier molecular flexibility index (Phi) is 4.51. The number of nitrogens with zero attached hydrogens (tertiary/aromatic N) is 1. The minimum absolute atomic E-state index is 0.445. The maximum absolute atomic E-state index is 5.66. The van der Waals surface area contributed by atoms with Gasteiger partial charge < -0.3 is 10.5 Å². The predicted molar refractivity (Wildman–Crippen MR) is 59.4 cm³/mol. The lowest BCUT2D eigenvalue weighted by Crippen LogP contribution is -1.99. The summed E-state index contributed by atoms with van der Waals surface area (Å²) in [5, 5.41) is 1.04. The number of aromatic nitrogens is 1. The molecule has 0 saturated heterocycles. The molecule has 0 bridgehead atoms. The van der Waals surface area contributed by atoms with Gasteiger partial charge in [0.15, 0.2) is 0 Å². The molecule has 1 rings (SSSR count). The predicted octanol–water partition coefficient (Wildman–Crippen LogP) is 2.26. The average molecular weight is 214 g/mol. The van der Waals surface area contributed by atoms with E-state index in [2.05, 4.69) is 18.8 Å². The summed E-state index contributed by atoms with van der Waals surface area (Å²) < 4.78 is 5.32. The zero-order chi connectivity index (χ0) is 10.6. The van der Waals surface area contributed by atoms with Gasteiger partial charge in [0.25, 0.3) is 0 Å². The molecular weight excluding hydrogens is 196 g/mol. The van der Waals surface area contributed by atoms with E-state index in [4.69, 9.17) is 10.5 Å². The van der Waals surface area contributed by atoms with Gasteiger partial charge in [-0.05, 0) is 12.8 Å². The molecule has 0 aliphatic heterocycles. The number of thiazole rings is 1. The molecule has 1 heterocycles. The summed E-state index contributed by atoms with van der Waals surface area (Å²) in [5.41, 5.74) is 6.79. The number of ether oxygens (including phenoxy) is 1. The van der Waals surface area contributed by atoms with Crippen LogP contribution in [-0.2, 0) is 17.9 Å². The zero-order valence-corrected chi connectivity index (χ0v) is 9.86. The van der Waals surface area contributed by atoms with Gasteiger partial charge in [0.1, 0.15) is 5.01 Å². The van der Waals surface area contributed by atoms with Crippen molar-refractivity contribution in [1.29, 1.82) is 0 Å². The fraction of sp³-hybridized carbons (Fsp3) is 0.700. The zero-order valence-electron chi connectivity index (χ0n) is 9.04. The van der Waals surface area contributed by atoms with E-state index in [9.17, 15) is 0 Å². The quantitative estimate of drug-likeness (QED) is 0.818. The SMILES string of the molecule is CCOCc1nc(C(C)C)c(CN)s1. The van der Waals surface area contributed by atoms with Crippen LogP contribution < -0.4 is 5.73 Å². The van der Waals surface area contributed by atoms with Gasteiger partial charge in [-0.1, -0.05) is 13.8 Å². The van der Waals surface area contributed by atoms with Crippen molar-refractivity contribution in [1.82, 2.24) is 4.98 Å². The fourth-order valence-corrected chi connectivity index (χ4v) is 2.30. The highest BCUT2D eigenvalue weighted by molar-refractivity contribution is 7.11. The highest BCUT2D eigenvalue weighted by Crippen LogP contribution is 2.25. The molecule has 1 aromatic heterocycles. The van der Waals surface area contributed by atoms with Crippen LogP contribution in [0.3, 0.4) is 0 Å². The van der Waals surface area contributed by atoms with Gasteiger partial charge in [-0.2, -0.15) is 0 Å². The number of nitrogens with two attached hydrogens (primary N) is 1. The van der Waals surface area contributed by atoms with E-state index in [1.807, 2.05) is 6.92 Å². The Hall–Kier alpha value is -0.450. The topological polar surface area (TPSA) is 48.1 Å². The molecule has 2 N–H and O–H groups in total. The molecule has 0 spiro atoms. The second-order valence-electron chi connectivity index (χ2n) is 3.41. The standard InChI is InChI=1S/C10H18N2OS/c1-4-13-6-9-12-10(7(2)3)8(5-11)14-9/h7H,4-6,11H2,1-3H3. The molecule has 14 heavy (non-hydrogen) atoms. The Bertz CT molecular complexity index is 284. The monoisotopic (exact) mass is 214 g/mol. The van der Waals surface area contributed by atoms with Crippen LogP contribution in [0.4, 0.5) is 0 Å². The maximum atomic E-state index is 5.66. The van der Waals surface area contributed by atoms with Gasteiger partial charge in [0, 0.05) is 18.0 Å². The molecule has 0 aliphatic rings. The van der Waals surface area contributed by atoms with Crippen molar-refractivity contribution in [3.8, 4) is 0 Å².